The Balaban J connectivity index is 0. The molecule has 0 aliphatic heterocycles. The lowest BCUT2D eigenvalue weighted by molar-refractivity contribution is -0.146. The van der Waals surface area contributed by atoms with Crippen LogP contribution in [0.4, 0.5) is 0 Å². The fourth-order valence-corrected chi connectivity index (χ4v) is 1.23. The third-order valence-electron chi connectivity index (χ3n) is 2.94. The van der Waals surface area contributed by atoms with Gasteiger partial charge in [0, 0.05) is 6.10 Å². The smallest absolute Gasteiger partial charge is 0.326 e. The maximum atomic E-state index is 10.8. The van der Waals surface area contributed by atoms with Crippen molar-refractivity contribution in [3.8, 4) is 0 Å². The Labute approximate surface area is 144 Å². The van der Waals surface area contributed by atoms with Crippen molar-refractivity contribution in [2.45, 2.75) is 70.6 Å². The third-order valence-corrected chi connectivity index (χ3v) is 2.94. The van der Waals surface area contributed by atoms with Crippen LogP contribution in [0.25, 0.3) is 0 Å². The predicted octanol–water partition coefficient (Wildman–Crippen LogP) is 0.891. The second-order valence-corrected chi connectivity index (χ2v) is 5.85. The van der Waals surface area contributed by atoms with Gasteiger partial charge in [-0.1, -0.05) is 0 Å². The maximum absolute atomic E-state index is 10.8. The summed E-state index contributed by atoms with van der Waals surface area (Å²) in [6, 6.07) is 0. The lowest BCUT2D eigenvalue weighted by atomic mass is 10.3. The molecule has 2 fully saturated rings. The summed E-state index contributed by atoms with van der Waals surface area (Å²) < 4.78 is 9.41. The molecule has 7 nitrogen and oxygen atoms in total. The summed E-state index contributed by atoms with van der Waals surface area (Å²) in [6.45, 7) is 7.86. The Morgan fingerprint density at radius 2 is 1.17 bits per heavy atom. The van der Waals surface area contributed by atoms with Crippen LogP contribution < -0.4 is 11.5 Å². The van der Waals surface area contributed by atoms with E-state index in [9.17, 15) is 9.59 Å². The van der Waals surface area contributed by atoms with E-state index in [1.165, 1.54) is 0 Å². The number of carbonyl (C=O) groups excluding carboxylic acids is 2. The first-order valence-electron chi connectivity index (χ1n) is 7.71. The van der Waals surface area contributed by atoms with E-state index in [0.29, 0.717) is 13.2 Å². The predicted molar refractivity (Wildman–Crippen MR) is 90.2 cm³/mol. The van der Waals surface area contributed by atoms with Crippen molar-refractivity contribution in [2.75, 3.05) is 13.2 Å². The minimum atomic E-state index is -0.601. The molecule has 0 aromatic rings. The van der Waals surface area contributed by atoms with Crippen molar-refractivity contribution >= 4 is 24.3 Å². The van der Waals surface area contributed by atoms with E-state index in [2.05, 4.69) is 0 Å². The van der Waals surface area contributed by atoms with Crippen LogP contribution in [0, 0.1) is 0 Å². The second kappa shape index (κ2) is 10.8. The zero-order valence-electron chi connectivity index (χ0n) is 14.5. The molecule has 0 saturated heterocycles. The average Bonchev–Trinajstić information content (AvgIpc) is 3.31. The maximum Gasteiger partial charge on any atom is 0.326 e. The SMILES string of the molecule is CC(C)O.CCOC(=O)C1(N)CC1.CCOC(=O)C1(N)CC1.Cl. The summed E-state index contributed by atoms with van der Waals surface area (Å²) in [4.78, 5) is 21.6. The highest BCUT2D eigenvalue weighted by molar-refractivity contribution is 5.85. The van der Waals surface area contributed by atoms with Gasteiger partial charge in [-0.15, -0.1) is 12.4 Å². The van der Waals surface area contributed by atoms with Crippen LogP contribution >= 0.6 is 12.4 Å². The van der Waals surface area contributed by atoms with Crippen LogP contribution in [-0.2, 0) is 19.1 Å². The standard InChI is InChI=1S/2C6H11NO2.C3H8O.ClH/c2*1-2-9-5(8)6(7)3-4-6;1-3(2)4;/h2*2-4,7H2,1H3;3-4H,1-2H3;1H. The first kappa shape index (κ1) is 24.4. The van der Waals surface area contributed by atoms with Gasteiger partial charge >= 0.3 is 11.9 Å². The second-order valence-electron chi connectivity index (χ2n) is 5.85. The molecule has 8 heteroatoms. The molecule has 0 radical (unpaired) electrons. The topological polar surface area (TPSA) is 125 Å². The van der Waals surface area contributed by atoms with Crippen molar-refractivity contribution < 1.29 is 24.2 Å². The normalized spacial score (nSPS) is 18.1. The van der Waals surface area contributed by atoms with Gasteiger partial charge in [0.05, 0.1) is 13.2 Å². The zero-order chi connectivity index (χ0) is 17.4. The molecule has 138 valence electrons. The minimum Gasteiger partial charge on any atom is -0.465 e. The number of ether oxygens (including phenoxy) is 2. The number of rotatable bonds is 4. The van der Waals surface area contributed by atoms with Gasteiger partial charge in [-0.25, -0.2) is 0 Å². The fourth-order valence-electron chi connectivity index (χ4n) is 1.23. The van der Waals surface area contributed by atoms with Crippen LogP contribution in [0.5, 0.6) is 0 Å². The van der Waals surface area contributed by atoms with E-state index in [-0.39, 0.29) is 30.4 Å². The Bertz CT molecular complexity index is 334. The monoisotopic (exact) mass is 354 g/mol. The molecule has 0 amide bonds. The highest BCUT2D eigenvalue weighted by Gasteiger charge is 2.47. The molecule has 0 spiro atoms. The summed E-state index contributed by atoms with van der Waals surface area (Å²) >= 11 is 0. The minimum absolute atomic E-state index is 0. The molecule has 0 unspecified atom stereocenters. The van der Waals surface area contributed by atoms with Crippen molar-refractivity contribution in [2.24, 2.45) is 11.5 Å². The lowest BCUT2D eigenvalue weighted by Gasteiger charge is -2.05. The lowest BCUT2D eigenvalue weighted by Crippen LogP contribution is -2.34. The van der Waals surface area contributed by atoms with Gasteiger partial charge in [-0.3, -0.25) is 9.59 Å². The summed E-state index contributed by atoms with van der Waals surface area (Å²) in [5.74, 6) is -0.491. The molecule has 0 atom stereocenters. The number of nitrogens with two attached hydrogens (primary N) is 2. The Morgan fingerprint density at radius 1 is 0.957 bits per heavy atom. The molecule has 0 aromatic heterocycles. The Hall–Kier alpha value is -0.890. The first-order chi connectivity index (χ1) is 10.1. The van der Waals surface area contributed by atoms with Crippen molar-refractivity contribution in [1.82, 2.24) is 0 Å². The number of esters is 2. The van der Waals surface area contributed by atoms with Gasteiger partial charge in [-0.05, 0) is 53.4 Å². The summed E-state index contributed by atoms with van der Waals surface area (Å²) in [5, 5.41) is 8.06. The van der Waals surface area contributed by atoms with Crippen LogP contribution in [0.2, 0.25) is 0 Å². The molecule has 2 saturated carbocycles. The van der Waals surface area contributed by atoms with E-state index in [1.54, 1.807) is 27.7 Å². The largest absolute Gasteiger partial charge is 0.465 e. The van der Waals surface area contributed by atoms with E-state index < -0.39 is 11.1 Å². The molecule has 0 bridgehead atoms. The summed E-state index contributed by atoms with van der Waals surface area (Å²) in [5.41, 5.74) is 9.80. The van der Waals surface area contributed by atoms with Crippen LogP contribution in [0.1, 0.15) is 53.4 Å². The molecular weight excluding hydrogens is 324 g/mol. The van der Waals surface area contributed by atoms with E-state index in [1.807, 2.05) is 0 Å². The number of hydrogen-bond acceptors (Lipinski definition) is 7. The number of halogens is 1. The molecule has 5 N–H and O–H groups in total. The van der Waals surface area contributed by atoms with Crippen molar-refractivity contribution in [3.05, 3.63) is 0 Å². The van der Waals surface area contributed by atoms with Crippen molar-refractivity contribution in [1.29, 1.82) is 0 Å². The number of hydrogen-bond donors (Lipinski definition) is 3. The molecule has 23 heavy (non-hydrogen) atoms. The van der Waals surface area contributed by atoms with Crippen LogP contribution in [-0.4, -0.2) is 47.4 Å². The third kappa shape index (κ3) is 10.5. The van der Waals surface area contributed by atoms with E-state index in [0.717, 1.165) is 25.7 Å². The summed E-state index contributed by atoms with van der Waals surface area (Å²) in [7, 11) is 0. The van der Waals surface area contributed by atoms with Gasteiger partial charge in [-0.2, -0.15) is 0 Å². The number of aliphatic hydroxyl groups excluding tert-OH is 1. The summed E-state index contributed by atoms with van der Waals surface area (Å²) in [6.07, 6.45) is 2.97. The Morgan fingerprint density at radius 3 is 1.30 bits per heavy atom. The van der Waals surface area contributed by atoms with Gasteiger partial charge in [0.25, 0.3) is 0 Å². The van der Waals surface area contributed by atoms with Crippen LogP contribution in [0.15, 0.2) is 0 Å². The highest BCUT2D eigenvalue weighted by atomic mass is 35.5. The van der Waals surface area contributed by atoms with E-state index >= 15 is 0 Å². The quantitative estimate of drug-likeness (QED) is 0.640. The number of aliphatic hydroxyl groups is 1. The van der Waals surface area contributed by atoms with Gasteiger partial charge in [0.1, 0.15) is 11.1 Å². The number of carbonyl (C=O) groups is 2. The van der Waals surface area contributed by atoms with Crippen molar-refractivity contribution in [3.63, 3.8) is 0 Å². The molecule has 2 rings (SSSR count). The van der Waals surface area contributed by atoms with Gasteiger partial charge < -0.3 is 26.0 Å². The fraction of sp³-hybridized carbons (Fsp3) is 0.867. The van der Waals surface area contributed by atoms with E-state index in [4.69, 9.17) is 26.0 Å². The Kier molecular flexibility index (Phi) is 11.4. The molecular formula is C15H31ClN2O5. The van der Waals surface area contributed by atoms with Gasteiger partial charge in [0.15, 0.2) is 0 Å². The molecule has 0 aromatic carbocycles. The molecule has 2 aliphatic rings. The van der Waals surface area contributed by atoms with Gasteiger partial charge in [0.2, 0.25) is 0 Å². The average molecular weight is 355 g/mol. The molecule has 0 heterocycles. The zero-order valence-corrected chi connectivity index (χ0v) is 15.3. The molecule has 2 aliphatic carbocycles. The first-order valence-corrected chi connectivity index (χ1v) is 7.71. The van der Waals surface area contributed by atoms with Crippen LogP contribution in [0.3, 0.4) is 0 Å². The highest BCUT2D eigenvalue weighted by Crippen LogP contribution is 2.33.